The molecule has 0 saturated heterocycles. The minimum absolute atomic E-state index is 0. The van der Waals surface area contributed by atoms with Gasteiger partial charge in [-0.05, 0) is 19.1 Å². The predicted octanol–water partition coefficient (Wildman–Crippen LogP) is 1.43. The van der Waals surface area contributed by atoms with E-state index in [1.807, 2.05) is 31.2 Å². The third-order valence-corrected chi connectivity index (χ3v) is 2.16. The Bertz CT molecular complexity index is 345. The molecule has 2 N–H and O–H groups in total. The summed E-state index contributed by atoms with van der Waals surface area (Å²) in [4.78, 5) is 13.1. The molecule has 4 nitrogen and oxygen atoms in total. The van der Waals surface area contributed by atoms with Crippen LogP contribution in [0.5, 0.6) is 5.75 Å². The normalized spacial score (nSPS) is 9.19. The van der Waals surface area contributed by atoms with Crippen LogP contribution in [0, 0.1) is 0 Å². The quantitative estimate of drug-likeness (QED) is 0.872. The lowest BCUT2D eigenvalue weighted by Gasteiger charge is -2.20. The van der Waals surface area contributed by atoms with Crippen LogP contribution in [0.1, 0.15) is 6.92 Å². The van der Waals surface area contributed by atoms with Gasteiger partial charge in [-0.2, -0.15) is 0 Å². The Balaban J connectivity index is 0.00000225. The highest BCUT2D eigenvalue weighted by Crippen LogP contribution is 2.20. The molecule has 1 aromatic carbocycles. The Morgan fingerprint density at radius 3 is 2.69 bits per heavy atom. The molecule has 0 saturated carbocycles. The molecule has 0 bridgehead atoms. The number of methoxy groups -OCH3 is 1. The van der Waals surface area contributed by atoms with Crippen molar-refractivity contribution < 1.29 is 9.53 Å². The highest BCUT2D eigenvalue weighted by Gasteiger charge is 2.11. The lowest BCUT2D eigenvalue weighted by Crippen LogP contribution is -2.35. The van der Waals surface area contributed by atoms with Crippen molar-refractivity contribution in [3.8, 4) is 5.75 Å². The molecule has 1 rings (SSSR count). The average Bonchev–Trinajstić information content (AvgIpc) is 2.30. The van der Waals surface area contributed by atoms with E-state index in [0.29, 0.717) is 6.54 Å². The molecule has 5 heteroatoms. The Kier molecular flexibility index (Phi) is 6.53. The highest BCUT2D eigenvalue weighted by molar-refractivity contribution is 5.94. The van der Waals surface area contributed by atoms with Gasteiger partial charge in [0.2, 0.25) is 5.91 Å². The molecule has 90 valence electrons. The van der Waals surface area contributed by atoms with Crippen molar-refractivity contribution in [2.75, 3.05) is 25.1 Å². The molecule has 0 heterocycles. The van der Waals surface area contributed by atoms with Gasteiger partial charge in [0.05, 0.1) is 13.7 Å². The van der Waals surface area contributed by atoms with Gasteiger partial charge in [0, 0.05) is 18.3 Å². The fourth-order valence-corrected chi connectivity index (χ4v) is 1.39. The zero-order valence-electron chi connectivity index (χ0n) is 9.47. The van der Waals surface area contributed by atoms with Gasteiger partial charge in [-0.3, -0.25) is 4.79 Å². The number of nitrogens with zero attached hydrogens (tertiary/aromatic N) is 1. The predicted molar refractivity (Wildman–Crippen MR) is 67.3 cm³/mol. The van der Waals surface area contributed by atoms with Crippen molar-refractivity contribution in [2.24, 2.45) is 5.73 Å². The van der Waals surface area contributed by atoms with E-state index in [9.17, 15) is 4.79 Å². The van der Waals surface area contributed by atoms with Crippen LogP contribution in [0.15, 0.2) is 24.3 Å². The van der Waals surface area contributed by atoms with Gasteiger partial charge < -0.3 is 15.4 Å². The van der Waals surface area contributed by atoms with Crippen LogP contribution >= 0.6 is 12.4 Å². The van der Waals surface area contributed by atoms with E-state index in [0.717, 1.165) is 11.4 Å². The summed E-state index contributed by atoms with van der Waals surface area (Å²) in [5.74, 6) is 0.640. The number of hydrogen-bond donors (Lipinski definition) is 1. The van der Waals surface area contributed by atoms with Gasteiger partial charge in [0.25, 0.3) is 0 Å². The minimum atomic E-state index is -0.0919. The molecule has 0 aliphatic carbocycles. The van der Waals surface area contributed by atoms with Crippen LogP contribution in [0.3, 0.4) is 0 Å². The fraction of sp³-hybridized carbons (Fsp3) is 0.364. The molecule has 0 spiro atoms. The van der Waals surface area contributed by atoms with Crippen molar-refractivity contribution in [1.82, 2.24) is 0 Å². The Morgan fingerprint density at radius 2 is 2.19 bits per heavy atom. The van der Waals surface area contributed by atoms with Gasteiger partial charge in [-0.25, -0.2) is 0 Å². The summed E-state index contributed by atoms with van der Waals surface area (Å²) < 4.78 is 5.09. The first-order chi connectivity index (χ1) is 7.22. The number of ether oxygens (including phenoxy) is 1. The molecule has 0 radical (unpaired) electrons. The van der Waals surface area contributed by atoms with Gasteiger partial charge in [-0.1, -0.05) is 6.07 Å². The number of carbonyl (C=O) groups is 1. The first kappa shape index (κ1) is 14.7. The number of rotatable bonds is 4. The second-order valence-corrected chi connectivity index (χ2v) is 3.04. The maximum atomic E-state index is 11.5. The molecular formula is C11H17ClN2O2. The average molecular weight is 245 g/mol. The highest BCUT2D eigenvalue weighted by atomic mass is 35.5. The topological polar surface area (TPSA) is 55.6 Å². The number of anilines is 1. The number of benzene rings is 1. The van der Waals surface area contributed by atoms with Gasteiger partial charge in [-0.15, -0.1) is 12.4 Å². The van der Waals surface area contributed by atoms with Crippen molar-refractivity contribution >= 4 is 24.0 Å². The summed E-state index contributed by atoms with van der Waals surface area (Å²) in [6.45, 7) is 2.53. The van der Waals surface area contributed by atoms with Crippen molar-refractivity contribution in [2.45, 2.75) is 6.92 Å². The third kappa shape index (κ3) is 3.40. The molecule has 16 heavy (non-hydrogen) atoms. The Hall–Kier alpha value is -1.26. The van der Waals surface area contributed by atoms with Crippen LogP contribution in [-0.4, -0.2) is 26.1 Å². The molecule has 0 atom stereocenters. The number of hydrogen-bond acceptors (Lipinski definition) is 3. The zero-order chi connectivity index (χ0) is 11.3. The molecule has 0 aliphatic rings. The molecule has 1 aromatic rings. The zero-order valence-corrected chi connectivity index (χ0v) is 10.3. The maximum Gasteiger partial charge on any atom is 0.240 e. The van der Waals surface area contributed by atoms with Crippen LogP contribution in [0.25, 0.3) is 0 Å². The van der Waals surface area contributed by atoms with E-state index in [1.165, 1.54) is 0 Å². The fourth-order valence-electron chi connectivity index (χ4n) is 1.39. The third-order valence-electron chi connectivity index (χ3n) is 2.16. The second kappa shape index (κ2) is 7.09. The van der Waals surface area contributed by atoms with E-state index in [4.69, 9.17) is 10.5 Å². The molecule has 0 aliphatic heterocycles. The van der Waals surface area contributed by atoms with E-state index in [2.05, 4.69) is 0 Å². The molecule has 0 aromatic heterocycles. The lowest BCUT2D eigenvalue weighted by atomic mass is 10.2. The Labute approximate surface area is 102 Å². The number of nitrogens with two attached hydrogens (primary N) is 1. The molecule has 1 amide bonds. The number of likely N-dealkylation sites (N-methyl/N-ethyl adjacent to an activating group) is 1. The molecular weight excluding hydrogens is 228 g/mol. The smallest absolute Gasteiger partial charge is 0.240 e. The second-order valence-electron chi connectivity index (χ2n) is 3.04. The van der Waals surface area contributed by atoms with Crippen LogP contribution in [-0.2, 0) is 4.79 Å². The van der Waals surface area contributed by atoms with E-state index >= 15 is 0 Å². The minimum Gasteiger partial charge on any atom is -0.497 e. The maximum absolute atomic E-state index is 11.5. The Morgan fingerprint density at radius 1 is 1.50 bits per heavy atom. The van der Waals surface area contributed by atoms with Crippen molar-refractivity contribution in [3.05, 3.63) is 24.3 Å². The van der Waals surface area contributed by atoms with Gasteiger partial charge in [0.1, 0.15) is 5.75 Å². The summed E-state index contributed by atoms with van der Waals surface area (Å²) >= 11 is 0. The van der Waals surface area contributed by atoms with Crippen molar-refractivity contribution in [3.63, 3.8) is 0 Å². The molecule has 0 fully saturated rings. The standard InChI is InChI=1S/C11H16N2O2.ClH/c1-3-13(11(14)8-12)9-5-4-6-10(7-9)15-2;/h4-7H,3,8,12H2,1-2H3;1H. The van der Waals surface area contributed by atoms with E-state index < -0.39 is 0 Å². The summed E-state index contributed by atoms with van der Waals surface area (Å²) in [6, 6.07) is 7.36. The van der Waals surface area contributed by atoms with Gasteiger partial charge >= 0.3 is 0 Å². The first-order valence-electron chi connectivity index (χ1n) is 4.87. The number of amides is 1. The van der Waals surface area contributed by atoms with Gasteiger partial charge in [0.15, 0.2) is 0 Å². The summed E-state index contributed by atoms with van der Waals surface area (Å²) in [5, 5.41) is 0. The number of carbonyl (C=O) groups excluding carboxylic acids is 1. The summed E-state index contributed by atoms with van der Waals surface area (Å²) in [7, 11) is 1.60. The monoisotopic (exact) mass is 244 g/mol. The lowest BCUT2D eigenvalue weighted by molar-refractivity contribution is -0.117. The first-order valence-corrected chi connectivity index (χ1v) is 4.87. The molecule has 0 unspecified atom stereocenters. The van der Waals surface area contributed by atoms with E-state index in [1.54, 1.807) is 12.0 Å². The number of halogens is 1. The van der Waals surface area contributed by atoms with Crippen LogP contribution < -0.4 is 15.4 Å². The van der Waals surface area contributed by atoms with Crippen LogP contribution in [0.4, 0.5) is 5.69 Å². The summed E-state index contributed by atoms with van der Waals surface area (Å²) in [5.41, 5.74) is 6.15. The van der Waals surface area contributed by atoms with E-state index in [-0.39, 0.29) is 24.9 Å². The SMILES string of the molecule is CCN(C(=O)CN)c1cccc(OC)c1.Cl. The largest absolute Gasteiger partial charge is 0.497 e. The van der Waals surface area contributed by atoms with Crippen LogP contribution in [0.2, 0.25) is 0 Å². The summed E-state index contributed by atoms with van der Waals surface area (Å²) in [6.07, 6.45) is 0. The van der Waals surface area contributed by atoms with Crippen molar-refractivity contribution in [1.29, 1.82) is 0 Å².